The molecule has 1 aliphatic rings. The Balaban J connectivity index is 2.58. The molecule has 0 aliphatic carbocycles. The van der Waals surface area contributed by atoms with E-state index in [2.05, 4.69) is 25.2 Å². The van der Waals surface area contributed by atoms with Gasteiger partial charge in [0.1, 0.15) is 0 Å². The maximum atomic E-state index is 5.83. The largest absolute Gasteiger partial charge is 0.323 e. The summed E-state index contributed by atoms with van der Waals surface area (Å²) in [5.74, 6) is 0.740. The Morgan fingerprint density at radius 2 is 2.25 bits per heavy atom. The van der Waals surface area contributed by atoms with Crippen LogP contribution in [0.2, 0.25) is 0 Å². The van der Waals surface area contributed by atoms with Crippen molar-refractivity contribution in [1.82, 2.24) is 5.32 Å². The summed E-state index contributed by atoms with van der Waals surface area (Å²) in [7, 11) is 0. The molecule has 2 heteroatoms. The second-order valence-electron chi connectivity index (χ2n) is 3.55. The van der Waals surface area contributed by atoms with Gasteiger partial charge < -0.3 is 11.1 Å². The van der Waals surface area contributed by atoms with Gasteiger partial charge in [-0.05, 0) is 18.8 Å². The van der Waals surface area contributed by atoms with Gasteiger partial charge in [0.15, 0.2) is 0 Å². The molecule has 0 aromatic carbocycles. The molecule has 12 heavy (non-hydrogen) atoms. The van der Waals surface area contributed by atoms with Gasteiger partial charge in [0.2, 0.25) is 0 Å². The first-order valence-corrected chi connectivity index (χ1v) is 4.94. The molecule has 0 saturated carbocycles. The van der Waals surface area contributed by atoms with E-state index in [1.54, 1.807) is 0 Å². The second kappa shape index (κ2) is 4.63. The van der Waals surface area contributed by atoms with E-state index in [9.17, 15) is 0 Å². The third-order valence-corrected chi connectivity index (χ3v) is 2.65. The van der Waals surface area contributed by atoms with E-state index in [-0.39, 0.29) is 6.04 Å². The van der Waals surface area contributed by atoms with Gasteiger partial charge in [-0.3, -0.25) is 0 Å². The molecule has 70 valence electrons. The molecule has 0 amide bonds. The SMILES string of the molecule is CCC(CC)C1=CC(N)CNC1. The van der Waals surface area contributed by atoms with Crippen LogP contribution in [0.25, 0.3) is 0 Å². The molecule has 0 bridgehead atoms. The topological polar surface area (TPSA) is 38.0 Å². The van der Waals surface area contributed by atoms with Crippen molar-refractivity contribution in [3.63, 3.8) is 0 Å². The van der Waals surface area contributed by atoms with E-state index in [4.69, 9.17) is 5.73 Å². The number of nitrogens with two attached hydrogens (primary N) is 1. The molecule has 1 aliphatic heterocycles. The van der Waals surface area contributed by atoms with Crippen LogP contribution in [0.4, 0.5) is 0 Å². The Labute approximate surface area is 75.2 Å². The normalized spacial score (nSPS) is 24.3. The highest BCUT2D eigenvalue weighted by Crippen LogP contribution is 2.19. The zero-order valence-electron chi connectivity index (χ0n) is 8.14. The van der Waals surface area contributed by atoms with Gasteiger partial charge in [-0.1, -0.05) is 25.5 Å². The molecule has 1 heterocycles. The van der Waals surface area contributed by atoms with E-state index in [0.717, 1.165) is 19.0 Å². The van der Waals surface area contributed by atoms with E-state index < -0.39 is 0 Å². The maximum Gasteiger partial charge on any atom is 0.0354 e. The smallest absolute Gasteiger partial charge is 0.0354 e. The standard InChI is InChI=1S/C10H20N2/c1-3-8(4-2)9-5-10(11)7-12-6-9/h5,8,10,12H,3-4,6-7,11H2,1-2H3. The van der Waals surface area contributed by atoms with Crippen molar-refractivity contribution in [2.75, 3.05) is 13.1 Å². The lowest BCUT2D eigenvalue weighted by Gasteiger charge is -2.24. The zero-order valence-corrected chi connectivity index (χ0v) is 8.14. The van der Waals surface area contributed by atoms with E-state index in [0.29, 0.717) is 0 Å². The maximum absolute atomic E-state index is 5.83. The van der Waals surface area contributed by atoms with Crippen LogP contribution in [0.3, 0.4) is 0 Å². The zero-order chi connectivity index (χ0) is 8.97. The fraction of sp³-hybridized carbons (Fsp3) is 0.800. The minimum atomic E-state index is 0.231. The minimum Gasteiger partial charge on any atom is -0.323 e. The lowest BCUT2D eigenvalue weighted by atomic mass is 9.90. The number of hydrogen-bond acceptors (Lipinski definition) is 2. The van der Waals surface area contributed by atoms with Crippen LogP contribution in [0.5, 0.6) is 0 Å². The van der Waals surface area contributed by atoms with Crippen LogP contribution >= 0.6 is 0 Å². The molecule has 0 aromatic heterocycles. The van der Waals surface area contributed by atoms with E-state index in [1.165, 1.54) is 18.4 Å². The van der Waals surface area contributed by atoms with Crippen LogP contribution in [0, 0.1) is 5.92 Å². The Morgan fingerprint density at radius 1 is 1.58 bits per heavy atom. The first kappa shape index (κ1) is 9.75. The number of nitrogens with one attached hydrogen (secondary N) is 1. The average Bonchev–Trinajstić information content (AvgIpc) is 2.07. The number of rotatable bonds is 3. The molecule has 0 radical (unpaired) electrons. The molecule has 3 N–H and O–H groups in total. The minimum absolute atomic E-state index is 0.231. The lowest BCUT2D eigenvalue weighted by molar-refractivity contribution is 0.513. The van der Waals surface area contributed by atoms with Crippen molar-refractivity contribution >= 4 is 0 Å². The molecular weight excluding hydrogens is 148 g/mol. The Morgan fingerprint density at radius 3 is 2.75 bits per heavy atom. The van der Waals surface area contributed by atoms with Gasteiger partial charge >= 0.3 is 0 Å². The molecule has 1 unspecified atom stereocenters. The summed E-state index contributed by atoms with van der Waals surface area (Å²) in [5.41, 5.74) is 7.35. The molecule has 0 spiro atoms. The van der Waals surface area contributed by atoms with Crippen LogP contribution in [0.1, 0.15) is 26.7 Å². The van der Waals surface area contributed by atoms with Crippen molar-refractivity contribution in [1.29, 1.82) is 0 Å². The first-order valence-electron chi connectivity index (χ1n) is 4.94. The Hall–Kier alpha value is -0.340. The van der Waals surface area contributed by atoms with E-state index >= 15 is 0 Å². The predicted molar refractivity (Wildman–Crippen MR) is 53.0 cm³/mol. The highest BCUT2D eigenvalue weighted by molar-refractivity contribution is 5.15. The number of hydrogen-bond donors (Lipinski definition) is 2. The monoisotopic (exact) mass is 168 g/mol. The van der Waals surface area contributed by atoms with Gasteiger partial charge in [0.05, 0.1) is 0 Å². The first-order chi connectivity index (χ1) is 5.77. The Bertz CT molecular complexity index is 159. The van der Waals surface area contributed by atoms with Gasteiger partial charge in [-0.15, -0.1) is 0 Å². The van der Waals surface area contributed by atoms with Crippen molar-refractivity contribution in [2.45, 2.75) is 32.7 Å². The van der Waals surface area contributed by atoms with E-state index in [1.807, 2.05) is 0 Å². The van der Waals surface area contributed by atoms with Crippen LogP contribution < -0.4 is 11.1 Å². The summed E-state index contributed by atoms with van der Waals surface area (Å²) in [6.07, 6.45) is 4.71. The van der Waals surface area contributed by atoms with Gasteiger partial charge in [0.25, 0.3) is 0 Å². The lowest BCUT2D eigenvalue weighted by Crippen LogP contribution is -2.39. The molecule has 0 fully saturated rings. The summed E-state index contributed by atoms with van der Waals surface area (Å²) in [5, 5.41) is 3.34. The van der Waals surface area contributed by atoms with Crippen molar-refractivity contribution in [3.8, 4) is 0 Å². The van der Waals surface area contributed by atoms with Crippen molar-refractivity contribution in [2.24, 2.45) is 11.7 Å². The van der Waals surface area contributed by atoms with Gasteiger partial charge in [-0.25, -0.2) is 0 Å². The summed E-state index contributed by atoms with van der Waals surface area (Å²) in [6.45, 7) is 6.47. The quantitative estimate of drug-likeness (QED) is 0.623. The molecule has 1 rings (SSSR count). The average molecular weight is 168 g/mol. The van der Waals surface area contributed by atoms with Crippen LogP contribution in [-0.2, 0) is 0 Å². The van der Waals surface area contributed by atoms with Crippen LogP contribution in [-0.4, -0.2) is 19.1 Å². The summed E-state index contributed by atoms with van der Waals surface area (Å²) in [6, 6.07) is 0.231. The summed E-state index contributed by atoms with van der Waals surface area (Å²) < 4.78 is 0. The molecule has 2 nitrogen and oxygen atoms in total. The molecule has 0 saturated heterocycles. The summed E-state index contributed by atoms with van der Waals surface area (Å²) in [4.78, 5) is 0. The van der Waals surface area contributed by atoms with Crippen LogP contribution in [0.15, 0.2) is 11.6 Å². The predicted octanol–water partition coefficient (Wildman–Crippen LogP) is 1.28. The van der Waals surface area contributed by atoms with Gasteiger partial charge in [0, 0.05) is 19.1 Å². The molecule has 0 aromatic rings. The highest BCUT2D eigenvalue weighted by atomic mass is 14.9. The third-order valence-electron chi connectivity index (χ3n) is 2.65. The fourth-order valence-corrected chi connectivity index (χ4v) is 1.87. The second-order valence-corrected chi connectivity index (χ2v) is 3.55. The van der Waals surface area contributed by atoms with Crippen molar-refractivity contribution in [3.05, 3.63) is 11.6 Å². The Kier molecular flexibility index (Phi) is 3.76. The fourth-order valence-electron chi connectivity index (χ4n) is 1.87. The third kappa shape index (κ3) is 2.32. The molecular formula is C10H20N2. The van der Waals surface area contributed by atoms with Crippen molar-refractivity contribution < 1.29 is 0 Å². The van der Waals surface area contributed by atoms with Gasteiger partial charge in [-0.2, -0.15) is 0 Å². The molecule has 1 atom stereocenters. The highest BCUT2D eigenvalue weighted by Gasteiger charge is 2.14. The summed E-state index contributed by atoms with van der Waals surface area (Å²) >= 11 is 0.